The standard InChI is InChI=1S/C24H24FN5O2/c1-3-29-23-22(16(2)28-30(23)19-7-5-4-6-8-19)27-20(24(29)32)13-14-21(31)26-15-17-9-11-18(25)12-10-17/h4-12H,3,13-15H2,1-2H3,(H,26,31). The number of nitrogens with one attached hydrogen (secondary N) is 1. The van der Waals surface area contributed by atoms with Crippen molar-refractivity contribution >= 4 is 17.1 Å². The maximum Gasteiger partial charge on any atom is 0.273 e. The van der Waals surface area contributed by atoms with Crippen LogP contribution >= 0.6 is 0 Å². The molecule has 0 atom stereocenters. The van der Waals surface area contributed by atoms with Crippen molar-refractivity contribution < 1.29 is 9.18 Å². The molecular weight excluding hydrogens is 409 g/mol. The van der Waals surface area contributed by atoms with Gasteiger partial charge < -0.3 is 5.32 Å². The Bertz CT molecular complexity index is 1310. The van der Waals surface area contributed by atoms with E-state index in [9.17, 15) is 14.0 Å². The van der Waals surface area contributed by atoms with Gasteiger partial charge in [0.25, 0.3) is 5.56 Å². The molecule has 1 amide bonds. The predicted molar refractivity (Wildman–Crippen MR) is 120 cm³/mol. The van der Waals surface area contributed by atoms with E-state index in [2.05, 4.69) is 15.4 Å². The fourth-order valence-electron chi connectivity index (χ4n) is 3.64. The summed E-state index contributed by atoms with van der Waals surface area (Å²) in [4.78, 5) is 30.0. The quantitative estimate of drug-likeness (QED) is 0.485. The van der Waals surface area contributed by atoms with E-state index in [0.717, 1.165) is 11.3 Å². The summed E-state index contributed by atoms with van der Waals surface area (Å²) >= 11 is 0. The van der Waals surface area contributed by atoms with Crippen molar-refractivity contribution in [2.24, 2.45) is 0 Å². The molecule has 2 heterocycles. The lowest BCUT2D eigenvalue weighted by Gasteiger charge is -2.11. The monoisotopic (exact) mass is 433 g/mol. The van der Waals surface area contributed by atoms with Gasteiger partial charge in [-0.1, -0.05) is 30.3 Å². The van der Waals surface area contributed by atoms with E-state index < -0.39 is 0 Å². The molecule has 32 heavy (non-hydrogen) atoms. The number of aryl methyl sites for hydroxylation is 3. The summed E-state index contributed by atoms with van der Waals surface area (Å²) in [5, 5.41) is 7.40. The van der Waals surface area contributed by atoms with Crippen molar-refractivity contribution in [2.45, 2.75) is 39.8 Å². The SMILES string of the molecule is CCn1c(=O)c(CCC(=O)NCc2ccc(F)cc2)nc2c(C)nn(-c3ccccc3)c21. The number of carbonyl (C=O) groups is 1. The first-order valence-electron chi connectivity index (χ1n) is 10.5. The van der Waals surface area contributed by atoms with Crippen LogP contribution in [0, 0.1) is 12.7 Å². The molecule has 2 aromatic heterocycles. The van der Waals surface area contributed by atoms with Gasteiger partial charge in [-0.05, 0) is 43.7 Å². The normalized spacial score (nSPS) is 11.1. The largest absolute Gasteiger partial charge is 0.352 e. The van der Waals surface area contributed by atoms with Crippen LogP contribution in [0.2, 0.25) is 0 Å². The van der Waals surface area contributed by atoms with Gasteiger partial charge >= 0.3 is 0 Å². The Labute approximate surface area is 184 Å². The number of benzene rings is 2. The van der Waals surface area contributed by atoms with E-state index in [1.54, 1.807) is 21.4 Å². The molecule has 2 aromatic carbocycles. The van der Waals surface area contributed by atoms with Crippen LogP contribution in [0.4, 0.5) is 4.39 Å². The topological polar surface area (TPSA) is 81.8 Å². The first-order valence-corrected chi connectivity index (χ1v) is 10.5. The minimum atomic E-state index is -0.320. The van der Waals surface area contributed by atoms with Crippen molar-refractivity contribution in [2.75, 3.05) is 0 Å². The molecule has 4 aromatic rings. The zero-order valence-electron chi connectivity index (χ0n) is 18.0. The van der Waals surface area contributed by atoms with E-state index >= 15 is 0 Å². The molecule has 7 nitrogen and oxygen atoms in total. The average Bonchev–Trinajstić information content (AvgIpc) is 3.14. The number of hydrogen-bond donors (Lipinski definition) is 1. The Morgan fingerprint density at radius 2 is 1.81 bits per heavy atom. The van der Waals surface area contributed by atoms with Crippen molar-refractivity contribution in [1.82, 2.24) is 24.6 Å². The molecule has 1 N–H and O–H groups in total. The van der Waals surface area contributed by atoms with E-state index in [1.807, 2.05) is 44.2 Å². The number of halogens is 1. The first-order chi connectivity index (χ1) is 15.5. The fourth-order valence-corrected chi connectivity index (χ4v) is 3.64. The number of hydrogen-bond acceptors (Lipinski definition) is 4. The van der Waals surface area contributed by atoms with Crippen LogP contribution in [-0.4, -0.2) is 25.2 Å². The Morgan fingerprint density at radius 1 is 1.09 bits per heavy atom. The number of para-hydroxylation sites is 1. The molecule has 0 spiro atoms. The third-order valence-corrected chi connectivity index (χ3v) is 5.31. The van der Waals surface area contributed by atoms with Gasteiger partial charge in [0.05, 0.1) is 11.4 Å². The molecule has 0 aliphatic carbocycles. The Balaban J connectivity index is 1.56. The highest BCUT2D eigenvalue weighted by atomic mass is 19.1. The summed E-state index contributed by atoms with van der Waals surface area (Å²) in [6.45, 7) is 4.52. The van der Waals surface area contributed by atoms with Crippen molar-refractivity contribution in [3.8, 4) is 5.69 Å². The zero-order valence-corrected chi connectivity index (χ0v) is 18.0. The number of rotatable bonds is 7. The van der Waals surface area contributed by atoms with Crippen LogP contribution in [0.3, 0.4) is 0 Å². The van der Waals surface area contributed by atoms with Gasteiger partial charge in [-0.15, -0.1) is 0 Å². The Morgan fingerprint density at radius 3 is 2.50 bits per heavy atom. The third kappa shape index (κ3) is 4.30. The number of amides is 1. The molecular formula is C24H24FN5O2. The van der Waals surface area contributed by atoms with Gasteiger partial charge in [-0.3, -0.25) is 14.2 Å². The lowest BCUT2D eigenvalue weighted by molar-refractivity contribution is -0.121. The molecule has 0 fully saturated rings. The second kappa shape index (κ2) is 9.13. The minimum Gasteiger partial charge on any atom is -0.352 e. The molecule has 0 bridgehead atoms. The van der Waals surface area contributed by atoms with Gasteiger partial charge in [0, 0.05) is 25.9 Å². The van der Waals surface area contributed by atoms with Crippen LogP contribution in [0.15, 0.2) is 59.4 Å². The fraction of sp³-hybridized carbons (Fsp3) is 0.250. The van der Waals surface area contributed by atoms with Crippen molar-refractivity contribution in [3.63, 3.8) is 0 Å². The second-order valence-corrected chi connectivity index (χ2v) is 7.52. The zero-order chi connectivity index (χ0) is 22.7. The number of aromatic nitrogens is 4. The predicted octanol–water partition coefficient (Wildman–Crippen LogP) is 3.30. The van der Waals surface area contributed by atoms with Crippen molar-refractivity contribution in [3.05, 3.63) is 87.7 Å². The lowest BCUT2D eigenvalue weighted by atomic mass is 10.2. The summed E-state index contributed by atoms with van der Waals surface area (Å²) < 4.78 is 16.4. The number of fused-ring (bicyclic) bond motifs is 1. The van der Waals surface area contributed by atoms with Crippen LogP contribution in [0.5, 0.6) is 0 Å². The highest BCUT2D eigenvalue weighted by Gasteiger charge is 2.19. The van der Waals surface area contributed by atoms with Crippen LogP contribution in [0.25, 0.3) is 16.9 Å². The molecule has 0 aliphatic heterocycles. The summed E-state index contributed by atoms with van der Waals surface area (Å²) in [5.74, 6) is -0.519. The van der Waals surface area contributed by atoms with Crippen LogP contribution in [0.1, 0.15) is 30.3 Å². The van der Waals surface area contributed by atoms with Gasteiger partial charge in [0.15, 0.2) is 5.65 Å². The average molecular weight is 433 g/mol. The summed E-state index contributed by atoms with van der Waals surface area (Å²) in [5.41, 5.74) is 3.78. The minimum absolute atomic E-state index is 0.129. The van der Waals surface area contributed by atoms with E-state index in [4.69, 9.17) is 0 Å². The van der Waals surface area contributed by atoms with Gasteiger partial charge in [-0.25, -0.2) is 14.1 Å². The third-order valence-electron chi connectivity index (χ3n) is 5.31. The lowest BCUT2D eigenvalue weighted by Crippen LogP contribution is -2.28. The molecule has 0 aliphatic rings. The highest BCUT2D eigenvalue weighted by Crippen LogP contribution is 2.20. The molecule has 4 rings (SSSR count). The maximum absolute atomic E-state index is 13.1. The van der Waals surface area contributed by atoms with E-state index in [0.29, 0.717) is 35.6 Å². The molecule has 0 radical (unpaired) electrons. The van der Waals surface area contributed by atoms with Gasteiger partial charge in [0.1, 0.15) is 17.0 Å². The van der Waals surface area contributed by atoms with Crippen LogP contribution in [-0.2, 0) is 24.3 Å². The Hall–Kier alpha value is -3.81. The molecule has 8 heteroatoms. The Kier molecular flexibility index (Phi) is 6.11. The molecule has 164 valence electrons. The number of carbonyl (C=O) groups excluding carboxylic acids is 1. The summed E-state index contributed by atoms with van der Waals surface area (Å²) in [6.07, 6.45) is 0.352. The van der Waals surface area contributed by atoms with Gasteiger partial charge in [0.2, 0.25) is 5.91 Å². The summed E-state index contributed by atoms with van der Waals surface area (Å²) in [7, 11) is 0. The highest BCUT2D eigenvalue weighted by molar-refractivity contribution is 5.77. The van der Waals surface area contributed by atoms with Gasteiger partial charge in [-0.2, -0.15) is 5.10 Å². The van der Waals surface area contributed by atoms with Crippen molar-refractivity contribution in [1.29, 1.82) is 0 Å². The van der Waals surface area contributed by atoms with Crippen LogP contribution < -0.4 is 10.9 Å². The first kappa shape index (κ1) is 21.4. The number of nitrogens with zero attached hydrogens (tertiary/aromatic N) is 4. The maximum atomic E-state index is 13.1. The van der Waals surface area contributed by atoms with E-state index in [-0.39, 0.29) is 30.1 Å². The smallest absolute Gasteiger partial charge is 0.273 e. The molecule has 0 saturated heterocycles. The van der Waals surface area contributed by atoms with E-state index in [1.165, 1.54) is 12.1 Å². The molecule has 0 saturated carbocycles. The molecule has 0 unspecified atom stereocenters. The second-order valence-electron chi connectivity index (χ2n) is 7.52. The summed E-state index contributed by atoms with van der Waals surface area (Å²) in [6, 6.07) is 15.6.